The molecule has 0 saturated carbocycles. The first-order chi connectivity index (χ1) is 14.4. The Bertz CT molecular complexity index is 1050. The summed E-state index contributed by atoms with van der Waals surface area (Å²) >= 11 is 0. The molecule has 1 aliphatic rings. The normalized spacial score (nSPS) is 17.3. The Morgan fingerprint density at radius 3 is 2.63 bits per heavy atom. The molecule has 30 heavy (non-hydrogen) atoms. The van der Waals surface area contributed by atoms with Crippen molar-refractivity contribution in [3.05, 3.63) is 77.1 Å². The third-order valence-corrected chi connectivity index (χ3v) is 5.88. The van der Waals surface area contributed by atoms with Crippen LogP contribution in [0, 0.1) is 12.3 Å². The smallest absolute Gasteiger partial charge is 0.224 e. The number of rotatable bonds is 5. The quantitative estimate of drug-likeness (QED) is 0.679. The van der Waals surface area contributed by atoms with Gasteiger partial charge in [-0.1, -0.05) is 44.2 Å². The molecule has 5 nitrogen and oxygen atoms in total. The zero-order valence-corrected chi connectivity index (χ0v) is 18.1. The summed E-state index contributed by atoms with van der Waals surface area (Å²) in [5, 5.41) is 7.97. The average molecular weight is 404 g/mol. The van der Waals surface area contributed by atoms with Crippen LogP contribution in [-0.2, 0) is 17.6 Å². The highest BCUT2D eigenvalue weighted by molar-refractivity contribution is 5.79. The minimum Gasteiger partial charge on any atom is -0.497 e. The lowest BCUT2D eigenvalue weighted by atomic mass is 9.74. The number of para-hydroxylation sites is 1. The molecule has 0 bridgehead atoms. The third-order valence-electron chi connectivity index (χ3n) is 5.88. The van der Waals surface area contributed by atoms with Crippen LogP contribution in [0.25, 0.3) is 5.69 Å². The van der Waals surface area contributed by atoms with Crippen molar-refractivity contribution in [2.45, 2.75) is 46.1 Å². The highest BCUT2D eigenvalue weighted by atomic mass is 16.5. The molecule has 156 valence electrons. The van der Waals surface area contributed by atoms with Gasteiger partial charge in [0.15, 0.2) is 0 Å². The lowest BCUT2D eigenvalue weighted by molar-refractivity contribution is -0.121. The van der Waals surface area contributed by atoms with Crippen LogP contribution >= 0.6 is 0 Å². The van der Waals surface area contributed by atoms with Gasteiger partial charge in [0.1, 0.15) is 5.75 Å². The van der Waals surface area contributed by atoms with E-state index in [9.17, 15) is 4.79 Å². The Balaban J connectivity index is 1.58. The molecule has 1 N–H and O–H groups in total. The summed E-state index contributed by atoms with van der Waals surface area (Å²) in [5.74, 6) is 0.818. The highest BCUT2D eigenvalue weighted by Gasteiger charge is 2.36. The number of methoxy groups -OCH3 is 1. The number of hydrogen-bond donors (Lipinski definition) is 1. The fourth-order valence-electron chi connectivity index (χ4n) is 4.35. The second kappa shape index (κ2) is 7.98. The SMILES string of the molecule is COc1ccc(CC(=O)N[C@@H]2CC(C)(C)Cc3c2cnn3-c2ccccc2C)cc1. The largest absolute Gasteiger partial charge is 0.497 e. The van der Waals surface area contributed by atoms with Crippen molar-refractivity contribution >= 4 is 5.91 Å². The van der Waals surface area contributed by atoms with Gasteiger partial charge in [-0.2, -0.15) is 5.10 Å². The van der Waals surface area contributed by atoms with Gasteiger partial charge >= 0.3 is 0 Å². The van der Waals surface area contributed by atoms with Crippen LogP contribution in [-0.4, -0.2) is 22.8 Å². The van der Waals surface area contributed by atoms with Crippen LogP contribution in [0.5, 0.6) is 5.75 Å². The maximum absolute atomic E-state index is 12.8. The monoisotopic (exact) mass is 403 g/mol. The van der Waals surface area contributed by atoms with Crippen molar-refractivity contribution < 1.29 is 9.53 Å². The maximum Gasteiger partial charge on any atom is 0.224 e. The van der Waals surface area contributed by atoms with Crippen LogP contribution in [0.3, 0.4) is 0 Å². The Morgan fingerprint density at radius 1 is 1.20 bits per heavy atom. The molecule has 1 aromatic heterocycles. The van der Waals surface area contributed by atoms with E-state index in [2.05, 4.69) is 38.2 Å². The molecular formula is C25H29N3O2. The first-order valence-corrected chi connectivity index (χ1v) is 10.4. The van der Waals surface area contributed by atoms with Crippen molar-refractivity contribution in [2.24, 2.45) is 5.41 Å². The fraction of sp³-hybridized carbons (Fsp3) is 0.360. The molecule has 4 rings (SSSR count). The molecule has 0 saturated heterocycles. The summed E-state index contributed by atoms with van der Waals surface area (Å²) in [7, 11) is 1.64. The molecule has 3 aromatic rings. The standard InChI is InChI=1S/C25H29N3O2/c1-17-7-5-6-8-22(17)28-23-15-25(2,3)14-21(20(23)16-26-28)27-24(29)13-18-9-11-19(30-4)12-10-18/h5-12,16,21H,13-15H2,1-4H3,(H,27,29)/t21-/m1/s1. The number of nitrogens with one attached hydrogen (secondary N) is 1. The molecule has 0 radical (unpaired) electrons. The van der Waals surface area contributed by atoms with Gasteiger partial charge in [-0.05, 0) is 54.5 Å². The number of fused-ring (bicyclic) bond motifs is 1. The summed E-state index contributed by atoms with van der Waals surface area (Å²) in [6.45, 7) is 6.62. The summed E-state index contributed by atoms with van der Waals surface area (Å²) in [4.78, 5) is 12.8. The predicted molar refractivity (Wildman–Crippen MR) is 118 cm³/mol. The molecule has 1 heterocycles. The van der Waals surface area contributed by atoms with Gasteiger partial charge < -0.3 is 10.1 Å². The van der Waals surface area contributed by atoms with Crippen LogP contribution in [0.4, 0.5) is 0 Å². The van der Waals surface area contributed by atoms with Gasteiger partial charge in [0.2, 0.25) is 5.91 Å². The fourth-order valence-corrected chi connectivity index (χ4v) is 4.35. The molecule has 0 fully saturated rings. The van der Waals surface area contributed by atoms with Gasteiger partial charge in [-0.3, -0.25) is 4.79 Å². The summed E-state index contributed by atoms with van der Waals surface area (Å²) in [6.07, 6.45) is 4.10. The number of nitrogens with zero attached hydrogens (tertiary/aromatic N) is 2. The number of benzene rings is 2. The van der Waals surface area contributed by atoms with Crippen LogP contribution in [0.1, 0.15) is 48.7 Å². The average Bonchev–Trinajstić information content (AvgIpc) is 3.11. The summed E-state index contributed by atoms with van der Waals surface area (Å²) in [5.41, 5.74) is 5.65. The molecule has 1 atom stereocenters. The number of carbonyl (C=O) groups excluding carboxylic acids is 1. The topological polar surface area (TPSA) is 56.1 Å². The number of hydrogen-bond acceptors (Lipinski definition) is 3. The number of ether oxygens (including phenoxy) is 1. The first-order valence-electron chi connectivity index (χ1n) is 10.4. The van der Waals surface area contributed by atoms with E-state index in [1.165, 1.54) is 11.3 Å². The lowest BCUT2D eigenvalue weighted by Crippen LogP contribution is -2.37. The Kier molecular flexibility index (Phi) is 5.37. The molecule has 2 aromatic carbocycles. The van der Waals surface area contributed by atoms with Crippen molar-refractivity contribution in [1.29, 1.82) is 0 Å². The zero-order valence-electron chi connectivity index (χ0n) is 18.1. The second-order valence-electron chi connectivity index (χ2n) is 8.93. The molecule has 0 spiro atoms. The van der Waals surface area contributed by atoms with E-state index in [-0.39, 0.29) is 17.4 Å². The first kappa shape index (κ1) is 20.2. The van der Waals surface area contributed by atoms with E-state index in [0.717, 1.165) is 35.4 Å². The minimum atomic E-state index is -0.0349. The number of carbonyl (C=O) groups is 1. The molecule has 1 aliphatic carbocycles. The molecule has 0 unspecified atom stereocenters. The van der Waals surface area contributed by atoms with E-state index in [1.54, 1.807) is 7.11 Å². The van der Waals surface area contributed by atoms with Gasteiger partial charge in [0.25, 0.3) is 0 Å². The Morgan fingerprint density at radius 2 is 1.93 bits per heavy atom. The third kappa shape index (κ3) is 4.11. The molecule has 1 amide bonds. The second-order valence-corrected chi connectivity index (χ2v) is 8.93. The predicted octanol–water partition coefficient (Wildman–Crippen LogP) is 4.56. The van der Waals surface area contributed by atoms with Crippen molar-refractivity contribution in [3.8, 4) is 11.4 Å². The van der Waals surface area contributed by atoms with Gasteiger partial charge in [0, 0.05) is 5.56 Å². The molecule has 5 heteroatoms. The van der Waals surface area contributed by atoms with E-state index < -0.39 is 0 Å². The van der Waals surface area contributed by atoms with E-state index >= 15 is 0 Å². The van der Waals surface area contributed by atoms with E-state index in [0.29, 0.717) is 6.42 Å². The number of amides is 1. The summed E-state index contributed by atoms with van der Waals surface area (Å²) < 4.78 is 7.24. The minimum absolute atomic E-state index is 0.0254. The van der Waals surface area contributed by atoms with Crippen molar-refractivity contribution in [2.75, 3.05) is 7.11 Å². The van der Waals surface area contributed by atoms with Gasteiger partial charge in [-0.25, -0.2) is 4.68 Å². The maximum atomic E-state index is 12.8. The van der Waals surface area contributed by atoms with Crippen molar-refractivity contribution in [1.82, 2.24) is 15.1 Å². The summed E-state index contributed by atoms with van der Waals surface area (Å²) in [6, 6.07) is 15.9. The zero-order chi connectivity index (χ0) is 21.3. The lowest BCUT2D eigenvalue weighted by Gasteiger charge is -2.36. The highest BCUT2D eigenvalue weighted by Crippen LogP contribution is 2.41. The van der Waals surface area contributed by atoms with Crippen LogP contribution in [0.15, 0.2) is 54.7 Å². The van der Waals surface area contributed by atoms with E-state index in [1.807, 2.05) is 47.3 Å². The van der Waals surface area contributed by atoms with Gasteiger partial charge in [-0.15, -0.1) is 0 Å². The van der Waals surface area contributed by atoms with E-state index in [4.69, 9.17) is 9.84 Å². The number of aryl methyl sites for hydroxylation is 1. The molecule has 0 aliphatic heterocycles. The molecular weight excluding hydrogens is 374 g/mol. The van der Waals surface area contributed by atoms with Crippen LogP contribution < -0.4 is 10.1 Å². The Hall–Kier alpha value is -3.08. The van der Waals surface area contributed by atoms with Crippen molar-refractivity contribution in [3.63, 3.8) is 0 Å². The Labute approximate surface area is 178 Å². The number of aromatic nitrogens is 2. The van der Waals surface area contributed by atoms with Gasteiger partial charge in [0.05, 0.1) is 37.2 Å². The van der Waals surface area contributed by atoms with Crippen LogP contribution in [0.2, 0.25) is 0 Å².